The number of rotatable bonds is 8. The van der Waals surface area contributed by atoms with Crippen molar-refractivity contribution in [2.24, 2.45) is 5.92 Å². The van der Waals surface area contributed by atoms with E-state index < -0.39 is 0 Å². The lowest BCUT2D eigenvalue weighted by atomic mass is 10.2. The second-order valence-corrected chi connectivity index (χ2v) is 6.25. The lowest BCUT2D eigenvalue weighted by Crippen LogP contribution is -2.38. The number of hydrogen-bond donors (Lipinski definition) is 1. The van der Waals surface area contributed by atoms with Gasteiger partial charge in [0.2, 0.25) is 5.91 Å². The summed E-state index contributed by atoms with van der Waals surface area (Å²) in [5.74, 6) is 0.213. The maximum absolute atomic E-state index is 10.4. The van der Waals surface area contributed by atoms with Crippen LogP contribution in [0.25, 0.3) is 0 Å². The molecule has 0 unspecified atom stereocenters. The minimum atomic E-state index is 0.0972. The molecule has 146 valence electrons. The smallest absolute Gasteiger partial charge is 0.222 e. The molecule has 1 N–H and O–H groups in total. The van der Waals surface area contributed by atoms with Crippen molar-refractivity contribution in [3.63, 3.8) is 0 Å². The molecule has 0 aliphatic carbocycles. The van der Waals surface area contributed by atoms with Crippen LogP contribution in [-0.2, 0) is 14.3 Å². The van der Waals surface area contributed by atoms with Crippen molar-refractivity contribution in [2.75, 3.05) is 53.1 Å². The van der Waals surface area contributed by atoms with Gasteiger partial charge in [0.25, 0.3) is 0 Å². The number of nitrogens with zero attached hydrogens (tertiary/aromatic N) is 1. The molecular weight excluding hydrogens is 304 g/mol. The Hall–Kier alpha value is -0.650. The maximum Gasteiger partial charge on any atom is 0.222 e. The van der Waals surface area contributed by atoms with Gasteiger partial charge in [-0.05, 0) is 6.42 Å². The Balaban J connectivity index is 0. The highest BCUT2D eigenvalue weighted by molar-refractivity contribution is 5.77. The van der Waals surface area contributed by atoms with E-state index in [1.54, 1.807) is 7.05 Å². The summed E-state index contributed by atoms with van der Waals surface area (Å²) in [5.41, 5.74) is 0. The van der Waals surface area contributed by atoms with Gasteiger partial charge in [-0.15, -0.1) is 0 Å². The van der Waals surface area contributed by atoms with Crippen LogP contribution in [0.5, 0.6) is 0 Å². The molecule has 0 aromatic carbocycles. The number of nitrogens with one attached hydrogen (secondary N) is 1. The first-order valence-corrected chi connectivity index (χ1v) is 9.62. The van der Waals surface area contributed by atoms with Crippen LogP contribution in [0.3, 0.4) is 0 Å². The number of morpholine rings is 1. The van der Waals surface area contributed by atoms with Crippen molar-refractivity contribution in [3.8, 4) is 0 Å². The second kappa shape index (κ2) is 20.4. The lowest BCUT2D eigenvalue weighted by molar-refractivity contribution is -0.123. The molecule has 1 heterocycles. The molecule has 1 aliphatic heterocycles. The van der Waals surface area contributed by atoms with Gasteiger partial charge in [0.1, 0.15) is 0 Å². The first kappa shape index (κ1) is 25.6. The van der Waals surface area contributed by atoms with E-state index in [9.17, 15) is 4.79 Å². The molecule has 0 saturated carbocycles. The summed E-state index contributed by atoms with van der Waals surface area (Å²) >= 11 is 0. The van der Waals surface area contributed by atoms with E-state index in [0.29, 0.717) is 0 Å². The summed E-state index contributed by atoms with van der Waals surface area (Å²) in [5, 5.41) is 2.53. The summed E-state index contributed by atoms with van der Waals surface area (Å²) < 4.78 is 10.8. The topological polar surface area (TPSA) is 50.8 Å². The Morgan fingerprint density at radius 3 is 2.12 bits per heavy atom. The Kier molecular flexibility index (Phi) is 21.7. The Bertz CT molecular complexity index is 255. The molecule has 0 radical (unpaired) electrons. The van der Waals surface area contributed by atoms with Crippen molar-refractivity contribution in [1.82, 2.24) is 10.2 Å². The Labute approximate surface area is 150 Å². The van der Waals surface area contributed by atoms with Crippen LogP contribution in [0.1, 0.15) is 60.3 Å². The van der Waals surface area contributed by atoms with Gasteiger partial charge < -0.3 is 14.8 Å². The third kappa shape index (κ3) is 19.4. The van der Waals surface area contributed by atoms with Crippen LogP contribution in [0.15, 0.2) is 0 Å². The van der Waals surface area contributed by atoms with Crippen LogP contribution >= 0.6 is 0 Å². The van der Waals surface area contributed by atoms with Gasteiger partial charge in [-0.1, -0.05) is 53.9 Å². The Morgan fingerprint density at radius 2 is 1.71 bits per heavy atom. The molecule has 0 aromatic rings. The minimum Gasteiger partial charge on any atom is -0.380 e. The molecule has 0 bridgehead atoms. The zero-order chi connectivity index (χ0) is 18.6. The van der Waals surface area contributed by atoms with Crippen molar-refractivity contribution >= 4 is 5.91 Å². The van der Waals surface area contributed by atoms with E-state index in [-0.39, 0.29) is 11.8 Å². The van der Waals surface area contributed by atoms with Crippen LogP contribution in [-0.4, -0.2) is 63.9 Å². The van der Waals surface area contributed by atoms with Gasteiger partial charge in [-0.3, -0.25) is 9.69 Å². The first-order valence-electron chi connectivity index (χ1n) is 9.62. The highest BCUT2D eigenvalue weighted by Crippen LogP contribution is 1.97. The maximum atomic E-state index is 10.4. The summed E-state index contributed by atoms with van der Waals surface area (Å²) in [6.07, 6.45) is 5.02. The van der Waals surface area contributed by atoms with E-state index >= 15 is 0 Å². The highest BCUT2D eigenvalue weighted by Gasteiger charge is 2.08. The van der Waals surface area contributed by atoms with Crippen LogP contribution in [0.2, 0.25) is 0 Å². The van der Waals surface area contributed by atoms with E-state index in [1.165, 1.54) is 25.7 Å². The molecular formula is C19H42N2O3. The van der Waals surface area contributed by atoms with E-state index in [2.05, 4.69) is 31.0 Å². The number of carbonyl (C=O) groups excluding carboxylic acids is 1. The predicted molar refractivity (Wildman–Crippen MR) is 102 cm³/mol. The Morgan fingerprint density at radius 1 is 1.12 bits per heavy atom. The van der Waals surface area contributed by atoms with Crippen LogP contribution in [0.4, 0.5) is 0 Å². The molecule has 0 aromatic heterocycles. The summed E-state index contributed by atoms with van der Waals surface area (Å²) in [7, 11) is 1.64. The summed E-state index contributed by atoms with van der Waals surface area (Å²) in [4.78, 5) is 12.8. The number of hydrogen-bond acceptors (Lipinski definition) is 4. The highest BCUT2D eigenvalue weighted by atomic mass is 16.5. The van der Waals surface area contributed by atoms with Gasteiger partial charge in [-0.25, -0.2) is 0 Å². The summed E-state index contributed by atoms with van der Waals surface area (Å²) in [6, 6.07) is 0. The molecule has 1 fully saturated rings. The fourth-order valence-corrected chi connectivity index (χ4v) is 1.86. The van der Waals surface area contributed by atoms with E-state index in [1.807, 2.05) is 13.8 Å². The standard InChI is InChI=1S/C11H23NO2.C5H11NO.C3H8/c1-2-3-4-8-13-9-5-12-6-10-14-11-7-12;1-4(2)5(7)6-3;1-3-2/h2-11H2,1H3;4H,1-3H3,(H,6,7);3H2,1-2H3. The normalized spacial score (nSPS) is 14.3. The molecule has 5 nitrogen and oxygen atoms in total. The van der Waals surface area contributed by atoms with Crippen LogP contribution in [0, 0.1) is 5.92 Å². The molecule has 5 heteroatoms. The monoisotopic (exact) mass is 346 g/mol. The number of ether oxygens (including phenoxy) is 2. The molecule has 24 heavy (non-hydrogen) atoms. The van der Waals surface area contributed by atoms with Gasteiger partial charge >= 0.3 is 0 Å². The van der Waals surface area contributed by atoms with E-state index in [4.69, 9.17) is 9.47 Å². The molecule has 0 spiro atoms. The second-order valence-electron chi connectivity index (χ2n) is 6.25. The number of unbranched alkanes of at least 4 members (excludes halogenated alkanes) is 2. The largest absolute Gasteiger partial charge is 0.380 e. The fraction of sp³-hybridized carbons (Fsp3) is 0.947. The van der Waals surface area contributed by atoms with E-state index in [0.717, 1.165) is 46.1 Å². The zero-order valence-electron chi connectivity index (χ0n) is 17.0. The summed E-state index contributed by atoms with van der Waals surface area (Å²) in [6.45, 7) is 17.0. The van der Waals surface area contributed by atoms with Gasteiger partial charge in [0.05, 0.1) is 19.8 Å². The average Bonchev–Trinajstić information content (AvgIpc) is 2.59. The number of amides is 1. The third-order valence-electron chi connectivity index (χ3n) is 3.32. The van der Waals surface area contributed by atoms with Gasteiger partial charge in [-0.2, -0.15) is 0 Å². The fourth-order valence-electron chi connectivity index (χ4n) is 1.86. The quantitative estimate of drug-likeness (QED) is 0.685. The van der Waals surface area contributed by atoms with Crippen molar-refractivity contribution in [1.29, 1.82) is 0 Å². The predicted octanol–water partition coefficient (Wildman–Crippen LogP) is 3.33. The first-order chi connectivity index (χ1) is 11.5. The van der Waals surface area contributed by atoms with Gasteiger partial charge in [0, 0.05) is 39.2 Å². The van der Waals surface area contributed by atoms with Crippen LogP contribution < -0.4 is 5.32 Å². The third-order valence-corrected chi connectivity index (χ3v) is 3.32. The molecule has 0 atom stereocenters. The van der Waals surface area contributed by atoms with Crippen molar-refractivity contribution in [2.45, 2.75) is 60.3 Å². The number of carbonyl (C=O) groups is 1. The van der Waals surface area contributed by atoms with Gasteiger partial charge in [0.15, 0.2) is 0 Å². The minimum absolute atomic E-state index is 0.0972. The molecule has 1 rings (SSSR count). The molecule has 1 aliphatic rings. The lowest BCUT2D eigenvalue weighted by Gasteiger charge is -2.26. The van der Waals surface area contributed by atoms with Crippen molar-refractivity contribution in [3.05, 3.63) is 0 Å². The molecule has 1 saturated heterocycles. The molecule has 1 amide bonds. The van der Waals surface area contributed by atoms with Crippen molar-refractivity contribution < 1.29 is 14.3 Å². The SMILES string of the molecule is CCC.CCCCCOCCN1CCOCC1.CNC(=O)C(C)C. The zero-order valence-corrected chi connectivity index (χ0v) is 17.0. The average molecular weight is 347 g/mol.